The second-order valence-corrected chi connectivity index (χ2v) is 6.85. The van der Waals surface area contributed by atoms with Gasteiger partial charge in [0.1, 0.15) is 12.4 Å². The third kappa shape index (κ3) is 4.71. The van der Waals surface area contributed by atoms with Crippen molar-refractivity contribution in [2.75, 3.05) is 44.2 Å². The van der Waals surface area contributed by atoms with E-state index in [0.29, 0.717) is 13.1 Å². The quantitative estimate of drug-likeness (QED) is 0.797. The van der Waals surface area contributed by atoms with Gasteiger partial charge in [0, 0.05) is 37.9 Å². The summed E-state index contributed by atoms with van der Waals surface area (Å²) >= 11 is 0. The van der Waals surface area contributed by atoms with E-state index in [1.54, 1.807) is 4.90 Å². The lowest BCUT2D eigenvalue weighted by Crippen LogP contribution is -2.52. The highest BCUT2D eigenvalue weighted by atomic mass is 19.2. The first-order valence-corrected chi connectivity index (χ1v) is 9.37. The number of anilines is 1. The minimum atomic E-state index is -0.955. The standard InChI is InChI=1S/C21H25F2N3O2/c1-15-4-3-5-20(16(15)2)25-9-11-26(12-10-25)21(27)24-8-13-28-17-6-7-18(22)19(23)14-17/h3-7,14H,8-13H2,1-2H3,(H,24,27). The molecular weight excluding hydrogens is 364 g/mol. The van der Waals surface area contributed by atoms with Gasteiger partial charge >= 0.3 is 6.03 Å². The summed E-state index contributed by atoms with van der Waals surface area (Å²) in [4.78, 5) is 16.4. The van der Waals surface area contributed by atoms with Gasteiger partial charge in [-0.3, -0.25) is 0 Å². The topological polar surface area (TPSA) is 44.8 Å². The highest BCUT2D eigenvalue weighted by Gasteiger charge is 2.22. The van der Waals surface area contributed by atoms with E-state index < -0.39 is 11.6 Å². The maximum atomic E-state index is 13.1. The molecule has 7 heteroatoms. The first kappa shape index (κ1) is 19.9. The van der Waals surface area contributed by atoms with Crippen LogP contribution in [0.5, 0.6) is 5.75 Å². The average molecular weight is 389 g/mol. The SMILES string of the molecule is Cc1cccc(N2CCN(C(=O)NCCOc3ccc(F)c(F)c3)CC2)c1C. The molecule has 2 aromatic rings. The predicted octanol–water partition coefficient (Wildman–Crippen LogP) is 3.49. The summed E-state index contributed by atoms with van der Waals surface area (Å²) in [6, 6.07) is 9.49. The van der Waals surface area contributed by atoms with Crippen LogP contribution >= 0.6 is 0 Å². The Morgan fingerprint density at radius 3 is 2.54 bits per heavy atom. The number of carbonyl (C=O) groups excluding carboxylic acids is 1. The van der Waals surface area contributed by atoms with Crippen LogP contribution in [-0.2, 0) is 0 Å². The van der Waals surface area contributed by atoms with Gasteiger partial charge in [-0.15, -0.1) is 0 Å². The lowest BCUT2D eigenvalue weighted by atomic mass is 10.1. The molecule has 0 bridgehead atoms. The number of nitrogens with one attached hydrogen (secondary N) is 1. The van der Waals surface area contributed by atoms with Crippen molar-refractivity contribution in [1.29, 1.82) is 0 Å². The van der Waals surface area contributed by atoms with E-state index in [1.165, 1.54) is 22.9 Å². The van der Waals surface area contributed by atoms with E-state index in [-0.39, 0.29) is 24.9 Å². The van der Waals surface area contributed by atoms with Crippen LogP contribution in [-0.4, -0.2) is 50.3 Å². The number of urea groups is 1. The number of hydrogen-bond acceptors (Lipinski definition) is 3. The fraction of sp³-hybridized carbons (Fsp3) is 0.381. The Morgan fingerprint density at radius 2 is 1.82 bits per heavy atom. The van der Waals surface area contributed by atoms with E-state index in [0.717, 1.165) is 25.2 Å². The van der Waals surface area contributed by atoms with E-state index in [2.05, 4.69) is 42.3 Å². The number of benzene rings is 2. The molecule has 0 radical (unpaired) electrons. The molecule has 28 heavy (non-hydrogen) atoms. The Bertz CT molecular complexity index is 836. The first-order chi connectivity index (χ1) is 13.5. The number of amides is 2. The Balaban J connectivity index is 1.41. The fourth-order valence-electron chi connectivity index (χ4n) is 3.23. The molecule has 2 amide bonds. The van der Waals surface area contributed by atoms with Crippen molar-refractivity contribution in [3.63, 3.8) is 0 Å². The molecule has 1 aliphatic rings. The highest BCUT2D eigenvalue weighted by Crippen LogP contribution is 2.23. The van der Waals surface area contributed by atoms with Crippen LogP contribution in [0.1, 0.15) is 11.1 Å². The number of hydrogen-bond donors (Lipinski definition) is 1. The van der Waals surface area contributed by atoms with Crippen LogP contribution in [0.4, 0.5) is 19.3 Å². The van der Waals surface area contributed by atoms with Crippen molar-refractivity contribution in [1.82, 2.24) is 10.2 Å². The average Bonchev–Trinajstić information content (AvgIpc) is 2.70. The molecule has 0 atom stereocenters. The van der Waals surface area contributed by atoms with Gasteiger partial charge in [-0.1, -0.05) is 12.1 Å². The normalized spacial score (nSPS) is 14.1. The lowest BCUT2D eigenvalue weighted by molar-refractivity contribution is 0.191. The molecule has 3 rings (SSSR count). The number of nitrogens with zero attached hydrogens (tertiary/aromatic N) is 2. The number of aryl methyl sites for hydroxylation is 1. The third-order valence-corrected chi connectivity index (χ3v) is 5.02. The summed E-state index contributed by atoms with van der Waals surface area (Å²) in [6.07, 6.45) is 0. The Kier molecular flexibility index (Phi) is 6.34. The highest BCUT2D eigenvalue weighted by molar-refractivity contribution is 5.74. The van der Waals surface area contributed by atoms with Gasteiger partial charge in [0.25, 0.3) is 0 Å². The molecule has 150 valence electrons. The van der Waals surface area contributed by atoms with Crippen molar-refractivity contribution in [2.24, 2.45) is 0 Å². The van der Waals surface area contributed by atoms with Crippen LogP contribution < -0.4 is 15.0 Å². The molecule has 1 saturated heterocycles. The van der Waals surface area contributed by atoms with E-state index in [9.17, 15) is 13.6 Å². The summed E-state index contributed by atoms with van der Waals surface area (Å²) in [5.74, 6) is -1.64. The van der Waals surface area contributed by atoms with Crippen LogP contribution in [0, 0.1) is 25.5 Å². The molecule has 2 aromatic carbocycles. The van der Waals surface area contributed by atoms with Gasteiger partial charge in [-0.05, 0) is 43.2 Å². The first-order valence-electron chi connectivity index (χ1n) is 9.37. The summed E-state index contributed by atoms with van der Waals surface area (Å²) < 4.78 is 31.3. The van der Waals surface area contributed by atoms with Crippen molar-refractivity contribution in [3.8, 4) is 5.75 Å². The zero-order chi connectivity index (χ0) is 20.1. The zero-order valence-corrected chi connectivity index (χ0v) is 16.2. The summed E-state index contributed by atoms with van der Waals surface area (Å²) in [7, 11) is 0. The maximum Gasteiger partial charge on any atom is 0.317 e. The van der Waals surface area contributed by atoms with Crippen molar-refractivity contribution in [3.05, 3.63) is 59.2 Å². The summed E-state index contributed by atoms with van der Waals surface area (Å²) in [5, 5.41) is 2.80. The smallest absolute Gasteiger partial charge is 0.317 e. The van der Waals surface area contributed by atoms with Crippen LogP contribution in [0.25, 0.3) is 0 Å². The Morgan fingerprint density at radius 1 is 1.07 bits per heavy atom. The molecule has 0 spiro atoms. The molecule has 1 heterocycles. The van der Waals surface area contributed by atoms with Crippen LogP contribution in [0.15, 0.2) is 36.4 Å². The third-order valence-electron chi connectivity index (χ3n) is 5.02. The summed E-state index contributed by atoms with van der Waals surface area (Å²) in [5.41, 5.74) is 3.76. The lowest BCUT2D eigenvalue weighted by Gasteiger charge is -2.37. The van der Waals surface area contributed by atoms with Gasteiger partial charge in [-0.2, -0.15) is 0 Å². The molecule has 0 aromatic heterocycles. The monoisotopic (exact) mass is 389 g/mol. The molecular formula is C21H25F2N3O2. The molecule has 0 aliphatic carbocycles. The van der Waals surface area contributed by atoms with Gasteiger partial charge < -0.3 is 19.9 Å². The number of rotatable bonds is 5. The van der Waals surface area contributed by atoms with E-state index >= 15 is 0 Å². The van der Waals surface area contributed by atoms with E-state index in [1.807, 2.05) is 0 Å². The predicted molar refractivity (Wildman–Crippen MR) is 105 cm³/mol. The largest absolute Gasteiger partial charge is 0.492 e. The van der Waals surface area contributed by atoms with Crippen molar-refractivity contribution < 1.29 is 18.3 Å². The second kappa shape index (κ2) is 8.91. The number of carbonyl (C=O) groups is 1. The number of piperazine rings is 1. The van der Waals surface area contributed by atoms with Gasteiger partial charge in [0.15, 0.2) is 11.6 Å². The van der Waals surface area contributed by atoms with Crippen LogP contribution in [0.2, 0.25) is 0 Å². The summed E-state index contributed by atoms with van der Waals surface area (Å²) in [6.45, 7) is 7.54. The van der Waals surface area contributed by atoms with Gasteiger partial charge in [0.2, 0.25) is 0 Å². The van der Waals surface area contributed by atoms with Crippen molar-refractivity contribution in [2.45, 2.75) is 13.8 Å². The molecule has 1 N–H and O–H groups in total. The zero-order valence-electron chi connectivity index (χ0n) is 16.2. The second-order valence-electron chi connectivity index (χ2n) is 6.85. The molecule has 5 nitrogen and oxygen atoms in total. The minimum Gasteiger partial charge on any atom is -0.492 e. The van der Waals surface area contributed by atoms with Gasteiger partial charge in [-0.25, -0.2) is 13.6 Å². The molecule has 1 fully saturated rings. The molecule has 1 aliphatic heterocycles. The minimum absolute atomic E-state index is 0.144. The Labute approximate surface area is 163 Å². The van der Waals surface area contributed by atoms with Crippen LogP contribution in [0.3, 0.4) is 0 Å². The Hall–Kier alpha value is -2.83. The van der Waals surface area contributed by atoms with Gasteiger partial charge in [0.05, 0.1) is 6.54 Å². The number of halogens is 2. The van der Waals surface area contributed by atoms with E-state index in [4.69, 9.17) is 4.74 Å². The molecule has 0 saturated carbocycles. The maximum absolute atomic E-state index is 13.1. The fourth-order valence-corrected chi connectivity index (χ4v) is 3.23. The number of ether oxygens (including phenoxy) is 1. The molecule has 0 unspecified atom stereocenters. The van der Waals surface area contributed by atoms with Crippen molar-refractivity contribution >= 4 is 11.7 Å².